The molecule has 0 saturated carbocycles. The zero-order chi connectivity index (χ0) is 28.8. The molecule has 0 radical (unpaired) electrons. The van der Waals surface area contributed by atoms with Crippen molar-refractivity contribution < 1.29 is 23.0 Å². The highest BCUT2D eigenvalue weighted by Crippen LogP contribution is 2.38. The molecular weight excluding hydrogens is 526 g/mol. The molecule has 206 valence electrons. The van der Waals surface area contributed by atoms with Gasteiger partial charge in [-0.05, 0) is 66.1 Å². The van der Waals surface area contributed by atoms with Crippen LogP contribution < -0.4 is 15.6 Å². The van der Waals surface area contributed by atoms with Gasteiger partial charge in [-0.3, -0.25) is 9.59 Å². The maximum Gasteiger partial charge on any atom is 0.255 e. The molecule has 41 heavy (non-hydrogen) atoms. The predicted molar refractivity (Wildman–Crippen MR) is 154 cm³/mol. The quantitative estimate of drug-likeness (QED) is 0.198. The van der Waals surface area contributed by atoms with Crippen molar-refractivity contribution in [2.45, 2.75) is 13.5 Å². The standard InChI is InChI=1S/C33H26F2N2O4/c1-2-40-20-24-16-32(38)36-19-28(24)27-18-26(13-15-30(27)41-31-14-12-25(34)17-29(31)35)37-33(39)23-10-8-22(9-11-23)21-6-4-3-5-7-21/h3-19H,2,20H2,1H3,(H,36,38)(H,37,39). The second kappa shape index (κ2) is 12.4. The Morgan fingerprint density at radius 2 is 1.56 bits per heavy atom. The number of hydrogen-bond donors (Lipinski definition) is 2. The Bertz CT molecular complexity index is 1740. The van der Waals surface area contributed by atoms with Crippen molar-refractivity contribution in [2.75, 3.05) is 11.9 Å². The van der Waals surface area contributed by atoms with Crippen LogP contribution in [0.5, 0.6) is 11.5 Å². The van der Waals surface area contributed by atoms with E-state index in [1.54, 1.807) is 30.3 Å². The minimum atomic E-state index is -0.872. The Kier molecular flexibility index (Phi) is 8.31. The van der Waals surface area contributed by atoms with Crippen LogP contribution in [0.25, 0.3) is 22.3 Å². The number of benzene rings is 4. The smallest absolute Gasteiger partial charge is 0.255 e. The molecule has 0 atom stereocenters. The number of nitrogens with one attached hydrogen (secondary N) is 2. The van der Waals surface area contributed by atoms with Gasteiger partial charge in [0.2, 0.25) is 5.56 Å². The third kappa shape index (κ3) is 6.57. The number of pyridine rings is 1. The van der Waals surface area contributed by atoms with E-state index in [4.69, 9.17) is 9.47 Å². The summed E-state index contributed by atoms with van der Waals surface area (Å²) in [6.45, 7) is 2.40. The predicted octanol–water partition coefficient (Wildman–Crippen LogP) is 7.57. The Hall–Kier alpha value is -5.08. The van der Waals surface area contributed by atoms with E-state index in [1.165, 1.54) is 18.3 Å². The van der Waals surface area contributed by atoms with Crippen molar-refractivity contribution in [3.63, 3.8) is 0 Å². The molecule has 0 aliphatic rings. The van der Waals surface area contributed by atoms with Gasteiger partial charge in [-0.25, -0.2) is 8.78 Å². The van der Waals surface area contributed by atoms with E-state index in [2.05, 4.69) is 10.3 Å². The number of amides is 1. The number of hydrogen-bond acceptors (Lipinski definition) is 4. The number of carbonyl (C=O) groups is 1. The molecule has 0 fully saturated rings. The number of anilines is 1. The highest BCUT2D eigenvalue weighted by molar-refractivity contribution is 6.05. The van der Waals surface area contributed by atoms with Crippen LogP contribution in [-0.2, 0) is 11.3 Å². The summed E-state index contributed by atoms with van der Waals surface area (Å²) >= 11 is 0. The summed E-state index contributed by atoms with van der Waals surface area (Å²) in [5, 5.41) is 2.89. The van der Waals surface area contributed by atoms with Crippen molar-refractivity contribution in [1.82, 2.24) is 4.98 Å². The average Bonchev–Trinajstić information content (AvgIpc) is 2.99. The van der Waals surface area contributed by atoms with E-state index in [0.717, 1.165) is 23.3 Å². The molecule has 2 N–H and O–H groups in total. The van der Waals surface area contributed by atoms with Crippen LogP contribution in [0.2, 0.25) is 0 Å². The molecule has 1 aromatic heterocycles. The van der Waals surface area contributed by atoms with Gasteiger partial charge < -0.3 is 19.8 Å². The fourth-order valence-electron chi connectivity index (χ4n) is 4.33. The van der Waals surface area contributed by atoms with Gasteiger partial charge in [0, 0.05) is 47.3 Å². The first-order valence-electron chi connectivity index (χ1n) is 12.9. The molecule has 0 saturated heterocycles. The Labute approximate surface area is 235 Å². The zero-order valence-electron chi connectivity index (χ0n) is 22.1. The molecule has 0 aliphatic heterocycles. The molecule has 8 heteroatoms. The summed E-state index contributed by atoms with van der Waals surface area (Å²) in [6, 6.07) is 26.4. The lowest BCUT2D eigenvalue weighted by Crippen LogP contribution is -2.12. The lowest BCUT2D eigenvalue weighted by molar-refractivity contribution is 0.102. The van der Waals surface area contributed by atoms with Crippen LogP contribution in [0, 0.1) is 11.6 Å². The monoisotopic (exact) mass is 552 g/mol. The van der Waals surface area contributed by atoms with Gasteiger partial charge in [-0.2, -0.15) is 0 Å². The van der Waals surface area contributed by atoms with Gasteiger partial charge in [-0.1, -0.05) is 42.5 Å². The van der Waals surface area contributed by atoms with Crippen LogP contribution in [0.15, 0.2) is 108 Å². The maximum absolute atomic E-state index is 14.5. The van der Waals surface area contributed by atoms with Crippen molar-refractivity contribution in [1.29, 1.82) is 0 Å². The van der Waals surface area contributed by atoms with Gasteiger partial charge in [-0.15, -0.1) is 0 Å². The van der Waals surface area contributed by atoms with Crippen LogP contribution in [0.4, 0.5) is 14.5 Å². The summed E-state index contributed by atoms with van der Waals surface area (Å²) in [4.78, 5) is 27.9. The molecule has 1 heterocycles. The fraction of sp³-hybridized carbons (Fsp3) is 0.0909. The SMILES string of the molecule is CCOCc1cc(=O)[nH]cc1-c1cc(NC(=O)c2ccc(-c3ccccc3)cc2)ccc1Oc1ccc(F)cc1F. The van der Waals surface area contributed by atoms with E-state index in [1.807, 2.05) is 49.4 Å². The lowest BCUT2D eigenvalue weighted by atomic mass is 10.0. The first-order chi connectivity index (χ1) is 19.9. The third-order valence-corrected chi connectivity index (χ3v) is 6.37. The average molecular weight is 553 g/mol. The van der Waals surface area contributed by atoms with E-state index >= 15 is 0 Å². The van der Waals surface area contributed by atoms with Gasteiger partial charge in [0.25, 0.3) is 5.91 Å². The number of halogens is 2. The van der Waals surface area contributed by atoms with Crippen molar-refractivity contribution in [3.8, 4) is 33.8 Å². The molecular formula is C33H26F2N2O4. The second-order valence-corrected chi connectivity index (χ2v) is 9.16. The van der Waals surface area contributed by atoms with Crippen LogP contribution in [-0.4, -0.2) is 17.5 Å². The minimum Gasteiger partial charge on any atom is -0.454 e. The Morgan fingerprint density at radius 3 is 2.29 bits per heavy atom. The summed E-state index contributed by atoms with van der Waals surface area (Å²) in [5.74, 6) is -1.89. The van der Waals surface area contributed by atoms with Gasteiger partial charge in [0.05, 0.1) is 6.61 Å². The van der Waals surface area contributed by atoms with E-state index < -0.39 is 11.6 Å². The molecule has 0 unspecified atom stereocenters. The van der Waals surface area contributed by atoms with Gasteiger partial charge in [0.1, 0.15) is 11.6 Å². The number of aromatic nitrogens is 1. The Balaban J connectivity index is 1.49. The van der Waals surface area contributed by atoms with Crippen molar-refractivity contribution >= 4 is 11.6 Å². The molecule has 1 amide bonds. The molecule has 5 aromatic rings. The number of aromatic amines is 1. The highest BCUT2D eigenvalue weighted by Gasteiger charge is 2.17. The van der Waals surface area contributed by atoms with Crippen LogP contribution in [0.3, 0.4) is 0 Å². The van der Waals surface area contributed by atoms with Crippen molar-refractivity contribution in [3.05, 3.63) is 136 Å². The first-order valence-corrected chi connectivity index (χ1v) is 12.9. The lowest BCUT2D eigenvalue weighted by Gasteiger charge is -2.17. The van der Waals surface area contributed by atoms with E-state index in [9.17, 15) is 18.4 Å². The molecule has 0 aliphatic carbocycles. The summed E-state index contributed by atoms with van der Waals surface area (Å²) in [6.07, 6.45) is 1.51. The number of carbonyl (C=O) groups excluding carboxylic acids is 1. The number of rotatable bonds is 9. The molecule has 0 bridgehead atoms. The molecule has 5 rings (SSSR count). The minimum absolute atomic E-state index is 0.143. The maximum atomic E-state index is 14.5. The van der Waals surface area contributed by atoms with E-state index in [0.29, 0.717) is 34.5 Å². The fourth-order valence-corrected chi connectivity index (χ4v) is 4.33. The summed E-state index contributed by atoms with van der Waals surface area (Å²) in [5.41, 5.74) is 4.19. The van der Waals surface area contributed by atoms with Gasteiger partial charge >= 0.3 is 0 Å². The first kappa shape index (κ1) is 27.5. The third-order valence-electron chi connectivity index (χ3n) is 6.37. The van der Waals surface area contributed by atoms with Crippen LogP contribution >= 0.6 is 0 Å². The van der Waals surface area contributed by atoms with E-state index in [-0.39, 0.29) is 29.6 Å². The van der Waals surface area contributed by atoms with Crippen LogP contribution in [0.1, 0.15) is 22.8 Å². The summed E-state index contributed by atoms with van der Waals surface area (Å²) in [7, 11) is 0. The topological polar surface area (TPSA) is 80.4 Å². The largest absolute Gasteiger partial charge is 0.454 e. The summed E-state index contributed by atoms with van der Waals surface area (Å²) < 4.78 is 39.3. The molecule has 6 nitrogen and oxygen atoms in total. The molecule has 0 spiro atoms. The highest BCUT2D eigenvalue weighted by atomic mass is 19.1. The second-order valence-electron chi connectivity index (χ2n) is 9.16. The molecule has 4 aromatic carbocycles. The number of H-pyrrole nitrogens is 1. The zero-order valence-corrected chi connectivity index (χ0v) is 22.1. The number of ether oxygens (including phenoxy) is 2. The van der Waals surface area contributed by atoms with Crippen molar-refractivity contribution in [2.24, 2.45) is 0 Å². The Morgan fingerprint density at radius 1 is 0.829 bits per heavy atom. The normalized spacial score (nSPS) is 10.8. The van der Waals surface area contributed by atoms with Gasteiger partial charge in [0.15, 0.2) is 11.6 Å².